The van der Waals surface area contributed by atoms with Crippen LogP contribution in [0.15, 0.2) is 18.2 Å². The van der Waals surface area contributed by atoms with E-state index in [1.54, 1.807) is 4.90 Å². The average Bonchev–Trinajstić information content (AvgIpc) is 2.46. The Morgan fingerprint density at radius 2 is 2.14 bits per heavy atom. The molecule has 1 N–H and O–H groups in total. The van der Waals surface area contributed by atoms with Crippen molar-refractivity contribution in [3.05, 3.63) is 33.9 Å². The van der Waals surface area contributed by atoms with Gasteiger partial charge in [-0.1, -0.05) is 0 Å². The molecule has 7 heteroatoms. The fourth-order valence-corrected chi connectivity index (χ4v) is 1.96. The molecule has 0 fully saturated rings. The molecule has 0 saturated carbocycles. The van der Waals surface area contributed by atoms with Gasteiger partial charge in [0.1, 0.15) is 0 Å². The number of benzene rings is 1. The van der Waals surface area contributed by atoms with Gasteiger partial charge in [0.2, 0.25) is 0 Å². The first-order valence-electron chi connectivity index (χ1n) is 6.66. The number of amides is 1. The molecule has 0 aromatic heterocycles. The first-order valence-corrected chi connectivity index (χ1v) is 6.66. The molecule has 1 aromatic carbocycles. The molecule has 0 atom stereocenters. The van der Waals surface area contributed by atoms with Crippen LogP contribution in [0.1, 0.15) is 30.6 Å². The Labute approximate surface area is 123 Å². The molecule has 116 valence electrons. The van der Waals surface area contributed by atoms with Crippen molar-refractivity contribution < 1.29 is 19.6 Å². The molecule has 0 unspecified atom stereocenters. The Bertz CT molecular complexity index is 516. The summed E-state index contributed by atoms with van der Waals surface area (Å²) in [6.45, 7) is 4.17. The highest BCUT2D eigenvalue weighted by Gasteiger charge is 2.22. The minimum absolute atomic E-state index is 0.0000819. The quantitative estimate of drug-likeness (QED) is 0.612. The van der Waals surface area contributed by atoms with Crippen molar-refractivity contribution in [2.75, 3.05) is 20.3 Å². The molecule has 1 aromatic rings. The lowest BCUT2D eigenvalue weighted by molar-refractivity contribution is -0.385. The summed E-state index contributed by atoms with van der Waals surface area (Å²) in [5.41, 5.74) is 0.143. The molecule has 0 bridgehead atoms. The van der Waals surface area contributed by atoms with Gasteiger partial charge >= 0.3 is 5.69 Å². The molecular formula is C14H20N2O5. The third-order valence-electron chi connectivity index (χ3n) is 3.06. The summed E-state index contributed by atoms with van der Waals surface area (Å²) < 4.78 is 4.97. The zero-order valence-electron chi connectivity index (χ0n) is 12.4. The summed E-state index contributed by atoms with van der Waals surface area (Å²) >= 11 is 0. The molecule has 0 radical (unpaired) electrons. The molecular weight excluding hydrogens is 276 g/mol. The van der Waals surface area contributed by atoms with Crippen LogP contribution in [0, 0.1) is 10.1 Å². The smallest absolute Gasteiger partial charge is 0.310 e. The zero-order valence-corrected chi connectivity index (χ0v) is 12.4. The summed E-state index contributed by atoms with van der Waals surface area (Å²) in [6, 6.07) is 4.01. The molecule has 0 saturated heterocycles. The van der Waals surface area contributed by atoms with Gasteiger partial charge in [0.25, 0.3) is 5.91 Å². The maximum atomic E-state index is 12.5. The van der Waals surface area contributed by atoms with Crippen molar-refractivity contribution in [2.45, 2.75) is 26.3 Å². The first kappa shape index (κ1) is 16.9. The number of aliphatic hydroxyl groups excluding tert-OH is 1. The predicted octanol–water partition coefficient (Wildman–Crippen LogP) is 1.84. The Morgan fingerprint density at radius 1 is 1.48 bits per heavy atom. The highest BCUT2D eigenvalue weighted by Crippen LogP contribution is 2.28. The number of rotatable bonds is 7. The van der Waals surface area contributed by atoms with Crippen LogP contribution in [0.3, 0.4) is 0 Å². The van der Waals surface area contributed by atoms with E-state index in [0.717, 1.165) is 0 Å². The lowest BCUT2D eigenvalue weighted by atomic mass is 10.1. The van der Waals surface area contributed by atoms with E-state index in [1.165, 1.54) is 25.3 Å². The summed E-state index contributed by atoms with van der Waals surface area (Å²) in [5.74, 6) is -0.191. The van der Waals surface area contributed by atoms with E-state index in [4.69, 9.17) is 9.84 Å². The van der Waals surface area contributed by atoms with Gasteiger partial charge in [0.05, 0.1) is 12.0 Å². The van der Waals surface area contributed by atoms with E-state index in [9.17, 15) is 14.9 Å². The molecule has 1 rings (SSSR count). The number of methoxy groups -OCH3 is 1. The predicted molar refractivity (Wildman–Crippen MR) is 77.5 cm³/mol. The number of hydrogen-bond donors (Lipinski definition) is 1. The molecule has 1 amide bonds. The van der Waals surface area contributed by atoms with E-state index < -0.39 is 4.92 Å². The van der Waals surface area contributed by atoms with Crippen LogP contribution in [0.2, 0.25) is 0 Å². The minimum Gasteiger partial charge on any atom is -0.490 e. The molecule has 0 aliphatic carbocycles. The fraction of sp³-hybridized carbons (Fsp3) is 0.500. The standard InChI is InChI=1S/C14H20N2O5/c1-10(2)15(7-4-8-17)14(18)11-5-6-12(16(19)20)13(9-11)21-3/h5-6,9-10,17H,4,7-8H2,1-3H3. The van der Waals surface area contributed by atoms with Crippen molar-refractivity contribution in [3.8, 4) is 5.75 Å². The summed E-state index contributed by atoms with van der Waals surface area (Å²) in [6.07, 6.45) is 0.480. The molecule has 0 aliphatic rings. The molecule has 0 aliphatic heterocycles. The molecule has 0 heterocycles. The van der Waals surface area contributed by atoms with Gasteiger partial charge in [-0.15, -0.1) is 0 Å². The van der Waals surface area contributed by atoms with E-state index in [1.807, 2.05) is 13.8 Å². The minimum atomic E-state index is -0.556. The second kappa shape index (κ2) is 7.58. The van der Waals surface area contributed by atoms with Gasteiger partial charge in [-0.05, 0) is 26.3 Å². The number of hydrogen-bond acceptors (Lipinski definition) is 5. The van der Waals surface area contributed by atoms with Crippen LogP contribution in [0.5, 0.6) is 5.75 Å². The van der Waals surface area contributed by atoms with Crippen LogP contribution in [-0.2, 0) is 0 Å². The molecule has 7 nitrogen and oxygen atoms in total. The van der Waals surface area contributed by atoms with Crippen molar-refractivity contribution >= 4 is 11.6 Å². The first-order chi connectivity index (χ1) is 9.92. The Kier molecular flexibility index (Phi) is 6.10. The maximum absolute atomic E-state index is 12.5. The number of carbonyl (C=O) groups excluding carboxylic acids is 1. The van der Waals surface area contributed by atoms with E-state index in [0.29, 0.717) is 18.5 Å². The highest BCUT2D eigenvalue weighted by atomic mass is 16.6. The van der Waals surface area contributed by atoms with Crippen molar-refractivity contribution in [3.63, 3.8) is 0 Å². The maximum Gasteiger partial charge on any atom is 0.310 e. The van der Waals surface area contributed by atoms with Crippen molar-refractivity contribution in [1.82, 2.24) is 4.90 Å². The largest absolute Gasteiger partial charge is 0.490 e. The van der Waals surface area contributed by atoms with Crippen molar-refractivity contribution in [1.29, 1.82) is 0 Å². The van der Waals surface area contributed by atoms with Crippen LogP contribution < -0.4 is 4.74 Å². The van der Waals surface area contributed by atoms with E-state index in [2.05, 4.69) is 0 Å². The lowest BCUT2D eigenvalue weighted by Gasteiger charge is -2.26. The Hall–Kier alpha value is -2.15. The molecule has 0 spiro atoms. The monoisotopic (exact) mass is 296 g/mol. The van der Waals surface area contributed by atoms with Gasteiger partial charge < -0.3 is 14.7 Å². The third-order valence-corrected chi connectivity index (χ3v) is 3.06. The number of nitro benzene ring substituents is 1. The summed E-state index contributed by atoms with van der Waals surface area (Å²) in [5, 5.41) is 19.7. The van der Waals surface area contributed by atoms with Crippen molar-refractivity contribution in [2.24, 2.45) is 0 Å². The SMILES string of the molecule is COc1cc(C(=O)N(CCCO)C(C)C)ccc1[N+](=O)[O-]. The number of ether oxygens (including phenoxy) is 1. The number of nitro groups is 1. The second-order valence-electron chi connectivity index (χ2n) is 4.81. The third kappa shape index (κ3) is 4.16. The van der Waals surface area contributed by atoms with Gasteiger partial charge in [-0.2, -0.15) is 0 Å². The topological polar surface area (TPSA) is 92.9 Å². The van der Waals surface area contributed by atoms with Gasteiger partial charge in [0.15, 0.2) is 5.75 Å². The fourth-order valence-electron chi connectivity index (χ4n) is 1.96. The van der Waals surface area contributed by atoms with Gasteiger partial charge in [0, 0.05) is 36.9 Å². The molecule has 21 heavy (non-hydrogen) atoms. The zero-order chi connectivity index (χ0) is 16.0. The highest BCUT2D eigenvalue weighted by molar-refractivity contribution is 5.95. The Morgan fingerprint density at radius 3 is 2.62 bits per heavy atom. The average molecular weight is 296 g/mol. The number of aliphatic hydroxyl groups is 1. The van der Waals surface area contributed by atoms with Gasteiger partial charge in [-0.3, -0.25) is 14.9 Å². The lowest BCUT2D eigenvalue weighted by Crippen LogP contribution is -2.38. The normalized spacial score (nSPS) is 10.5. The van der Waals surface area contributed by atoms with Crippen LogP contribution in [-0.4, -0.2) is 47.1 Å². The summed E-state index contributed by atoms with van der Waals surface area (Å²) in [4.78, 5) is 24.4. The summed E-state index contributed by atoms with van der Waals surface area (Å²) in [7, 11) is 1.32. The second-order valence-corrected chi connectivity index (χ2v) is 4.81. The van der Waals surface area contributed by atoms with Crippen LogP contribution in [0.25, 0.3) is 0 Å². The van der Waals surface area contributed by atoms with E-state index >= 15 is 0 Å². The van der Waals surface area contributed by atoms with Crippen LogP contribution in [0.4, 0.5) is 5.69 Å². The number of carbonyl (C=O) groups is 1. The van der Waals surface area contributed by atoms with E-state index in [-0.39, 0.29) is 30.0 Å². The number of nitrogens with zero attached hydrogens (tertiary/aromatic N) is 2. The van der Waals surface area contributed by atoms with Gasteiger partial charge in [-0.25, -0.2) is 0 Å². The van der Waals surface area contributed by atoms with Crippen LogP contribution >= 0.6 is 0 Å². The Balaban J connectivity index is 3.08.